The lowest BCUT2D eigenvalue weighted by atomic mass is 9.94. The van der Waals surface area contributed by atoms with Gasteiger partial charge >= 0.3 is 35.3 Å². The third-order valence-corrected chi connectivity index (χ3v) is 18.9. The molecule has 0 bridgehead atoms. The van der Waals surface area contributed by atoms with E-state index in [9.17, 15) is 55.1 Å². The number of likely N-dealkylation sites (tertiary alicyclic amines) is 6. The van der Waals surface area contributed by atoms with Crippen LogP contribution in [0.2, 0.25) is 0 Å². The number of nitrogens with one attached hydrogen (secondary N) is 3. The summed E-state index contributed by atoms with van der Waals surface area (Å²) in [6, 6.07) is 13.0. The topological polar surface area (TPSA) is 212 Å². The Morgan fingerprint density at radius 3 is 0.931 bits per heavy atom. The largest absolute Gasteiger partial charge is 0.447 e. The molecule has 0 saturated carbocycles. The molecule has 6 aliphatic rings. The molecule has 0 aliphatic carbocycles. The highest BCUT2D eigenvalue weighted by atomic mass is 19.1. The maximum atomic E-state index is 13.7. The van der Waals surface area contributed by atoms with Crippen molar-refractivity contribution in [3.05, 3.63) is 104 Å². The van der Waals surface area contributed by atoms with Crippen LogP contribution in [0.3, 0.4) is 0 Å². The summed E-state index contributed by atoms with van der Waals surface area (Å²) in [4.78, 5) is 93.7. The van der Waals surface area contributed by atoms with Crippen molar-refractivity contribution in [3.63, 3.8) is 0 Å². The van der Waals surface area contributed by atoms with E-state index in [4.69, 9.17) is 14.2 Å². The second-order valence-corrected chi connectivity index (χ2v) is 24.5. The Morgan fingerprint density at radius 2 is 0.690 bits per heavy atom. The number of rotatable bonds is 12. The summed E-state index contributed by atoms with van der Waals surface area (Å²) in [5.74, 6) is -1.08. The number of halogens is 6. The standard InChI is InChI=1S/3C20H26F2N4O3/c3*1-20(6-10-24(13-20)19(28)29-11-7-21)25-8-4-15(5-9-25)26-17-12-14(22)2-3-16(17)23-18(26)27/h3*2-3,12,15H,4-11,13H2,1H3,(H,23,27). The molecule has 3 unspecified atom stereocenters. The highest BCUT2D eigenvalue weighted by Crippen LogP contribution is 2.38. The maximum Gasteiger partial charge on any atom is 0.409 e. The van der Waals surface area contributed by atoms with Gasteiger partial charge in [0, 0.05) is 113 Å². The molecule has 6 saturated heterocycles. The van der Waals surface area contributed by atoms with Crippen LogP contribution in [0.5, 0.6) is 0 Å². The molecule has 3 atom stereocenters. The van der Waals surface area contributed by atoms with Crippen LogP contribution in [0.4, 0.5) is 40.7 Å². The summed E-state index contributed by atoms with van der Waals surface area (Å²) in [6.07, 6.45) is 5.68. The van der Waals surface area contributed by atoms with E-state index < -0.39 is 38.3 Å². The minimum atomic E-state index is -0.679. The van der Waals surface area contributed by atoms with E-state index >= 15 is 0 Å². The van der Waals surface area contributed by atoms with Gasteiger partial charge in [0.25, 0.3) is 0 Å². The number of carbonyl (C=O) groups excluding carboxylic acids is 3. The molecule has 27 heteroatoms. The SMILES string of the molecule is CC1(N2CCC(n3c(=O)[nH]c4ccc(F)cc43)CC2)CCN(C(=O)OCCF)C1.CC1(N2CCC(n3c(=O)[nH]c4ccc(F)cc43)CC2)CCN(C(=O)OCCF)C1.CC1(N2CCC(n3c(=O)[nH]c4ccc(F)cc43)CC2)CCN(C(=O)OCCF)C1. The van der Waals surface area contributed by atoms with E-state index in [1.807, 2.05) is 0 Å². The second-order valence-electron chi connectivity index (χ2n) is 24.5. The second kappa shape index (κ2) is 26.6. The molecule has 87 heavy (non-hydrogen) atoms. The van der Waals surface area contributed by atoms with Crippen LogP contribution in [0.1, 0.15) is 96.7 Å². The van der Waals surface area contributed by atoms with Gasteiger partial charge in [0.1, 0.15) is 57.3 Å². The predicted octanol–water partition coefficient (Wildman–Crippen LogP) is 8.03. The Bertz CT molecular complexity index is 3220. The summed E-state index contributed by atoms with van der Waals surface area (Å²) >= 11 is 0. The number of aromatic nitrogens is 6. The van der Waals surface area contributed by atoms with Crippen LogP contribution in [-0.2, 0) is 14.2 Å². The molecule has 3 aromatic carbocycles. The van der Waals surface area contributed by atoms with Crippen molar-refractivity contribution in [1.29, 1.82) is 0 Å². The number of ether oxygens (including phenoxy) is 3. The number of nitrogens with zero attached hydrogens (tertiary/aromatic N) is 9. The van der Waals surface area contributed by atoms with Gasteiger partial charge in [-0.2, -0.15) is 0 Å². The molecule has 9 heterocycles. The zero-order valence-electron chi connectivity index (χ0n) is 49.5. The van der Waals surface area contributed by atoms with Crippen LogP contribution in [0, 0.1) is 17.5 Å². The fourth-order valence-electron chi connectivity index (χ4n) is 14.1. The molecule has 6 aromatic rings. The Kier molecular flexibility index (Phi) is 19.2. The van der Waals surface area contributed by atoms with Crippen molar-refractivity contribution in [1.82, 2.24) is 58.1 Å². The fraction of sp³-hybridized carbons (Fsp3) is 0.600. The van der Waals surface area contributed by atoms with Crippen molar-refractivity contribution in [2.45, 2.75) is 113 Å². The van der Waals surface area contributed by atoms with Gasteiger partial charge in [0.2, 0.25) is 0 Å². The average molecular weight is 1230 g/mol. The van der Waals surface area contributed by atoms with E-state index in [-0.39, 0.29) is 89.1 Å². The van der Waals surface area contributed by atoms with Crippen molar-refractivity contribution in [3.8, 4) is 0 Å². The number of benzene rings is 3. The number of imidazole rings is 3. The normalized spacial score (nSPS) is 23.8. The highest BCUT2D eigenvalue weighted by Gasteiger charge is 2.46. The molecule has 21 nitrogen and oxygen atoms in total. The van der Waals surface area contributed by atoms with Gasteiger partial charge in [0.05, 0.1) is 33.1 Å². The quantitative estimate of drug-likeness (QED) is 0.0786. The van der Waals surface area contributed by atoms with Gasteiger partial charge < -0.3 is 43.9 Å². The van der Waals surface area contributed by atoms with Crippen molar-refractivity contribution < 1.29 is 54.9 Å². The number of hydrogen-bond donors (Lipinski definition) is 3. The van der Waals surface area contributed by atoms with Gasteiger partial charge in [-0.15, -0.1) is 0 Å². The van der Waals surface area contributed by atoms with E-state index in [2.05, 4.69) is 50.4 Å². The molecule has 3 aromatic heterocycles. The van der Waals surface area contributed by atoms with Gasteiger partial charge in [-0.1, -0.05) is 0 Å². The fourth-order valence-corrected chi connectivity index (χ4v) is 14.1. The van der Waals surface area contributed by atoms with Crippen LogP contribution >= 0.6 is 0 Å². The Balaban J connectivity index is 0.000000144. The van der Waals surface area contributed by atoms with Gasteiger partial charge in [-0.3, -0.25) is 28.4 Å². The third-order valence-electron chi connectivity index (χ3n) is 18.9. The molecule has 474 valence electrons. The number of hydrogen-bond acceptors (Lipinski definition) is 12. The van der Waals surface area contributed by atoms with Gasteiger partial charge in [-0.05, 0) is 133 Å². The number of alkyl halides is 3. The van der Waals surface area contributed by atoms with Crippen molar-refractivity contribution in [2.75, 3.05) is 118 Å². The summed E-state index contributed by atoms with van der Waals surface area (Å²) in [6.45, 7) is 11.8. The van der Waals surface area contributed by atoms with E-state index in [0.29, 0.717) is 72.4 Å². The first-order valence-electron chi connectivity index (χ1n) is 30.1. The average Bonchev–Trinajstić information content (AvgIpc) is 2.25. The molecule has 12 rings (SSSR count). The number of aromatic amines is 3. The molecule has 6 aliphatic heterocycles. The first kappa shape index (κ1) is 62.8. The van der Waals surface area contributed by atoms with Crippen molar-refractivity contribution in [2.24, 2.45) is 0 Å². The van der Waals surface area contributed by atoms with Gasteiger partial charge in [0.15, 0.2) is 0 Å². The molecule has 0 spiro atoms. The van der Waals surface area contributed by atoms with Crippen LogP contribution < -0.4 is 17.1 Å². The lowest BCUT2D eigenvalue weighted by Gasteiger charge is -2.43. The Morgan fingerprint density at radius 1 is 0.437 bits per heavy atom. The molecule has 6 fully saturated rings. The lowest BCUT2D eigenvalue weighted by Crippen LogP contribution is -2.52. The Labute approximate surface area is 498 Å². The minimum Gasteiger partial charge on any atom is -0.447 e. The highest BCUT2D eigenvalue weighted by molar-refractivity contribution is 5.77. The predicted molar refractivity (Wildman–Crippen MR) is 313 cm³/mol. The Hall–Kier alpha value is -7.26. The third kappa shape index (κ3) is 13.6. The lowest BCUT2D eigenvalue weighted by molar-refractivity contribution is 0.0621. The summed E-state index contributed by atoms with van der Waals surface area (Å²) < 4.78 is 97.5. The van der Waals surface area contributed by atoms with Gasteiger partial charge in [-0.25, -0.2) is 55.1 Å². The molecular weight excluding hydrogens is 1150 g/mol. The maximum absolute atomic E-state index is 13.7. The summed E-state index contributed by atoms with van der Waals surface area (Å²) in [5.41, 5.74) is 2.59. The number of carbonyl (C=O) groups is 3. The number of fused-ring (bicyclic) bond motifs is 3. The van der Waals surface area contributed by atoms with E-state index in [1.165, 1.54) is 36.4 Å². The molecular formula is C60H78F6N12O9. The molecule has 3 amide bonds. The zero-order chi connectivity index (χ0) is 61.8. The van der Waals surface area contributed by atoms with Crippen molar-refractivity contribution >= 4 is 51.4 Å². The minimum absolute atomic E-state index is 0.00456. The zero-order valence-corrected chi connectivity index (χ0v) is 49.5. The number of piperidine rings is 3. The first-order chi connectivity index (χ1) is 41.7. The summed E-state index contributed by atoms with van der Waals surface area (Å²) in [7, 11) is 0. The van der Waals surface area contributed by atoms with E-state index in [1.54, 1.807) is 46.6 Å². The molecule has 3 N–H and O–H groups in total. The number of amides is 3. The number of H-pyrrole nitrogens is 3. The van der Waals surface area contributed by atoms with E-state index in [0.717, 1.165) is 97.1 Å². The monoisotopic (exact) mass is 1220 g/mol. The van der Waals surface area contributed by atoms with Crippen LogP contribution in [0.25, 0.3) is 33.1 Å². The molecule has 0 radical (unpaired) electrons. The van der Waals surface area contributed by atoms with Crippen LogP contribution in [-0.4, -0.2) is 211 Å². The summed E-state index contributed by atoms with van der Waals surface area (Å²) in [5, 5.41) is 0. The first-order valence-corrected chi connectivity index (χ1v) is 30.1. The van der Waals surface area contributed by atoms with Crippen LogP contribution in [0.15, 0.2) is 69.0 Å². The smallest absolute Gasteiger partial charge is 0.409 e.